The Morgan fingerprint density at radius 2 is 2.09 bits per heavy atom. The van der Waals surface area contributed by atoms with Gasteiger partial charge in [-0.25, -0.2) is 9.29 Å². The number of carbonyl (C=O) groups excluding carboxylic acids is 2. The van der Waals surface area contributed by atoms with E-state index in [9.17, 15) is 22.6 Å². The predicted molar refractivity (Wildman–Crippen MR) is 121 cm³/mol. The molecule has 186 valence electrons. The van der Waals surface area contributed by atoms with Crippen molar-refractivity contribution < 1.29 is 36.9 Å². The van der Waals surface area contributed by atoms with Crippen LogP contribution < -0.4 is 5.73 Å². The van der Waals surface area contributed by atoms with Crippen LogP contribution in [0.4, 0.5) is 5.13 Å². The van der Waals surface area contributed by atoms with Crippen LogP contribution in [0.3, 0.4) is 0 Å². The van der Waals surface area contributed by atoms with Crippen LogP contribution in [0.1, 0.15) is 53.7 Å². The van der Waals surface area contributed by atoms with Crippen LogP contribution in [0.15, 0.2) is 10.5 Å². The summed E-state index contributed by atoms with van der Waals surface area (Å²) in [4.78, 5) is 35.2. The maximum atomic E-state index is 13.1. The van der Waals surface area contributed by atoms with Gasteiger partial charge in [-0.15, -0.1) is 11.3 Å². The molecule has 1 aliphatic rings. The van der Waals surface area contributed by atoms with Crippen LogP contribution >= 0.6 is 11.3 Å². The molecule has 2 rings (SSSR count). The van der Waals surface area contributed by atoms with Gasteiger partial charge in [0.05, 0.1) is 17.6 Å². The minimum Gasteiger partial charge on any atom is -0.386 e. The van der Waals surface area contributed by atoms with Gasteiger partial charge in [0.2, 0.25) is 5.91 Å². The first kappa shape index (κ1) is 27.1. The molecule has 12 nitrogen and oxygen atoms in total. The maximum Gasteiger partial charge on any atom is 0.362 e. The van der Waals surface area contributed by atoms with Crippen LogP contribution in [-0.2, 0) is 34.2 Å². The quantitative estimate of drug-likeness (QED) is 0.106. The fourth-order valence-electron chi connectivity index (χ4n) is 3.14. The van der Waals surface area contributed by atoms with E-state index in [4.69, 9.17) is 20.0 Å². The standard InChI is InChI=1S/C19H30N4O8S2/c1-7-29-10-30-11(2)19(5,6)31-22-15(13-9-32-17(20)21-13)14(24)8-12-16(25)23(18(12,3)4)33(26,27)28/h9,11-12H,7-8,10H2,1-6H3,(H2,20,21)(H,26,27,28)/b22-15-/t11?,12-/m1/s1. The summed E-state index contributed by atoms with van der Waals surface area (Å²) in [6.07, 6.45) is -0.825. The molecule has 33 heavy (non-hydrogen) atoms. The van der Waals surface area contributed by atoms with E-state index in [1.165, 1.54) is 19.2 Å². The number of aromatic nitrogens is 1. The molecule has 0 spiro atoms. The normalized spacial score (nSPS) is 19.8. The fraction of sp³-hybridized carbons (Fsp3) is 0.684. The minimum absolute atomic E-state index is 0.0612. The maximum absolute atomic E-state index is 13.1. The topological polar surface area (TPSA) is 171 Å². The number of ether oxygens (including phenoxy) is 2. The van der Waals surface area contributed by atoms with Crippen LogP contribution in [0.2, 0.25) is 0 Å². The summed E-state index contributed by atoms with van der Waals surface area (Å²) < 4.78 is 43.4. The van der Waals surface area contributed by atoms with Gasteiger partial charge in [-0.3, -0.25) is 14.1 Å². The van der Waals surface area contributed by atoms with E-state index >= 15 is 0 Å². The Bertz CT molecular complexity index is 1020. The number of nitrogen functional groups attached to an aromatic ring is 1. The molecular formula is C19H30N4O8S2. The molecule has 0 aliphatic carbocycles. The fourth-order valence-corrected chi connectivity index (χ4v) is 4.77. The Hall–Kier alpha value is -2.13. The van der Waals surface area contributed by atoms with Crippen molar-refractivity contribution in [2.75, 3.05) is 19.1 Å². The van der Waals surface area contributed by atoms with E-state index < -0.39 is 45.2 Å². The molecule has 2 heterocycles. The van der Waals surface area contributed by atoms with E-state index in [1.807, 2.05) is 6.92 Å². The van der Waals surface area contributed by atoms with Gasteiger partial charge >= 0.3 is 10.3 Å². The highest BCUT2D eigenvalue weighted by Crippen LogP contribution is 2.41. The molecule has 1 saturated heterocycles. The second-order valence-corrected chi connectivity index (χ2v) is 10.7. The van der Waals surface area contributed by atoms with Crippen molar-refractivity contribution in [1.82, 2.24) is 9.29 Å². The largest absolute Gasteiger partial charge is 0.386 e. The van der Waals surface area contributed by atoms with Gasteiger partial charge in [0.1, 0.15) is 12.5 Å². The number of amides is 1. The van der Waals surface area contributed by atoms with Gasteiger partial charge in [-0.05, 0) is 41.5 Å². The van der Waals surface area contributed by atoms with Gasteiger partial charge in [0, 0.05) is 18.4 Å². The lowest BCUT2D eigenvalue weighted by Crippen LogP contribution is -2.69. The number of nitrogens with two attached hydrogens (primary N) is 1. The molecule has 1 fully saturated rings. The average Bonchev–Trinajstić information content (AvgIpc) is 3.10. The third-order valence-electron chi connectivity index (χ3n) is 5.48. The molecule has 0 aromatic carbocycles. The summed E-state index contributed by atoms with van der Waals surface area (Å²) in [6, 6.07) is 0. The van der Waals surface area contributed by atoms with Crippen molar-refractivity contribution in [2.45, 2.75) is 65.2 Å². The smallest absolute Gasteiger partial charge is 0.362 e. The Morgan fingerprint density at radius 3 is 2.58 bits per heavy atom. The van der Waals surface area contributed by atoms with Crippen LogP contribution in [-0.4, -0.2) is 70.3 Å². The van der Waals surface area contributed by atoms with Crippen molar-refractivity contribution in [3.05, 3.63) is 11.1 Å². The number of nitrogens with zero attached hydrogens (tertiary/aromatic N) is 3. The molecule has 0 bridgehead atoms. The number of thiazole rings is 1. The Morgan fingerprint density at radius 1 is 1.45 bits per heavy atom. The second kappa shape index (κ2) is 10.0. The number of Topliss-reactive ketones (excluding diaryl/α,β-unsaturated/α-hetero) is 1. The molecule has 14 heteroatoms. The lowest BCUT2D eigenvalue weighted by Gasteiger charge is -2.50. The second-order valence-electron chi connectivity index (χ2n) is 8.54. The van der Waals surface area contributed by atoms with Crippen LogP contribution in [0.25, 0.3) is 0 Å². The van der Waals surface area contributed by atoms with E-state index in [2.05, 4.69) is 10.1 Å². The monoisotopic (exact) mass is 506 g/mol. The number of ketones is 1. The van der Waals surface area contributed by atoms with Gasteiger partial charge in [0.25, 0.3) is 0 Å². The number of carbonyl (C=O) groups is 2. The third-order valence-corrected chi connectivity index (χ3v) is 7.27. The lowest BCUT2D eigenvalue weighted by molar-refractivity contribution is -0.163. The van der Waals surface area contributed by atoms with Crippen LogP contribution in [0.5, 0.6) is 0 Å². The van der Waals surface area contributed by atoms with Crippen molar-refractivity contribution in [3.8, 4) is 0 Å². The number of anilines is 1. The van der Waals surface area contributed by atoms with E-state index in [-0.39, 0.29) is 29.8 Å². The highest BCUT2D eigenvalue weighted by Gasteiger charge is 2.59. The zero-order valence-electron chi connectivity index (χ0n) is 19.4. The molecular weight excluding hydrogens is 476 g/mol. The molecule has 2 atom stereocenters. The molecule has 1 amide bonds. The van der Waals surface area contributed by atoms with Crippen molar-refractivity contribution in [3.63, 3.8) is 0 Å². The summed E-state index contributed by atoms with van der Waals surface area (Å²) in [7, 11) is -4.74. The lowest BCUT2D eigenvalue weighted by atomic mass is 9.75. The molecule has 1 aliphatic heterocycles. The zero-order chi connectivity index (χ0) is 25.2. The third kappa shape index (κ3) is 6.06. The van der Waals surface area contributed by atoms with Crippen molar-refractivity contribution in [1.29, 1.82) is 0 Å². The molecule has 3 N–H and O–H groups in total. The zero-order valence-corrected chi connectivity index (χ0v) is 21.0. The van der Waals surface area contributed by atoms with E-state index in [1.54, 1.807) is 20.8 Å². The Balaban J connectivity index is 2.25. The SMILES string of the molecule is CCOCOC(C)C(C)(C)O/N=C(\C(=O)C[C@@H]1C(=O)N(S(=O)(=O)O)C1(C)C)c1csc(N)n1. The summed E-state index contributed by atoms with van der Waals surface area (Å²) in [5, 5.41) is 5.75. The minimum atomic E-state index is -4.74. The van der Waals surface area contributed by atoms with Gasteiger partial charge < -0.3 is 20.0 Å². The number of hydrogen-bond donors (Lipinski definition) is 2. The van der Waals surface area contributed by atoms with E-state index in [0.29, 0.717) is 10.9 Å². The first-order chi connectivity index (χ1) is 15.1. The van der Waals surface area contributed by atoms with Gasteiger partial charge in [-0.2, -0.15) is 8.42 Å². The number of β-lactam (4-membered cyclic amide) rings is 1. The molecule has 1 aromatic heterocycles. The molecule has 0 radical (unpaired) electrons. The van der Waals surface area contributed by atoms with Gasteiger partial charge in [-0.1, -0.05) is 5.16 Å². The van der Waals surface area contributed by atoms with Gasteiger partial charge in [0.15, 0.2) is 22.2 Å². The molecule has 0 saturated carbocycles. The predicted octanol–water partition coefficient (Wildman–Crippen LogP) is 1.62. The highest BCUT2D eigenvalue weighted by molar-refractivity contribution is 7.84. The summed E-state index contributed by atoms with van der Waals surface area (Å²) >= 11 is 1.10. The highest BCUT2D eigenvalue weighted by atomic mass is 32.2. The first-order valence-corrected chi connectivity index (χ1v) is 12.4. The number of oxime groups is 1. The molecule has 1 unspecified atom stereocenters. The van der Waals surface area contributed by atoms with Crippen molar-refractivity contribution >= 4 is 44.2 Å². The summed E-state index contributed by atoms with van der Waals surface area (Å²) in [6.45, 7) is 10.5. The number of hydrogen-bond acceptors (Lipinski definition) is 11. The average molecular weight is 507 g/mol. The molecule has 1 aromatic rings. The van der Waals surface area contributed by atoms with Crippen LogP contribution in [0, 0.1) is 5.92 Å². The Labute approximate surface area is 197 Å². The first-order valence-electron chi connectivity index (χ1n) is 10.1. The van der Waals surface area contributed by atoms with Crippen molar-refractivity contribution in [2.24, 2.45) is 11.1 Å². The number of rotatable bonds is 12. The summed E-state index contributed by atoms with van der Waals surface area (Å²) in [5.74, 6) is -2.47. The Kier molecular flexibility index (Phi) is 8.23. The summed E-state index contributed by atoms with van der Waals surface area (Å²) in [5.41, 5.74) is 3.44. The van der Waals surface area contributed by atoms with E-state index in [0.717, 1.165) is 11.3 Å².